The average Bonchev–Trinajstić information content (AvgIpc) is 2.36. The lowest BCUT2D eigenvalue weighted by molar-refractivity contribution is 0.626. The second-order valence-corrected chi connectivity index (χ2v) is 5.46. The molecule has 106 valence electrons. The van der Waals surface area contributed by atoms with Gasteiger partial charge in [-0.25, -0.2) is 4.39 Å². The van der Waals surface area contributed by atoms with Crippen LogP contribution in [0.25, 0.3) is 0 Å². The highest BCUT2D eigenvalue weighted by Gasteiger charge is 2.03. The Labute approximate surface area is 124 Å². The lowest BCUT2D eigenvalue weighted by atomic mass is 10.1. The summed E-state index contributed by atoms with van der Waals surface area (Å²) in [5.74, 6) is -0.313. The highest BCUT2D eigenvalue weighted by atomic mass is 35.5. The summed E-state index contributed by atoms with van der Waals surface area (Å²) in [5.41, 5.74) is 4.20. The van der Waals surface area contributed by atoms with Gasteiger partial charge in [0.05, 0.1) is 0 Å². The van der Waals surface area contributed by atoms with Crippen molar-refractivity contribution in [2.75, 3.05) is 24.3 Å². The van der Waals surface area contributed by atoms with E-state index in [1.165, 1.54) is 17.7 Å². The Morgan fingerprint density at radius 2 is 1.90 bits per heavy atom. The molecule has 0 spiro atoms. The summed E-state index contributed by atoms with van der Waals surface area (Å²) in [4.78, 5) is 2.07. The number of hydrogen-bond donors (Lipinski definition) is 1. The topological polar surface area (TPSA) is 15.3 Å². The van der Waals surface area contributed by atoms with Gasteiger partial charge < -0.3 is 10.2 Å². The van der Waals surface area contributed by atoms with Crippen molar-refractivity contribution >= 4 is 23.0 Å². The molecule has 0 aromatic heterocycles. The Bertz CT molecular complexity index is 591. The zero-order valence-electron chi connectivity index (χ0n) is 11.9. The monoisotopic (exact) mass is 292 g/mol. The first kappa shape index (κ1) is 14.7. The zero-order valence-corrected chi connectivity index (χ0v) is 12.6. The first-order chi connectivity index (χ1) is 9.45. The molecule has 0 aliphatic rings. The second-order valence-electron chi connectivity index (χ2n) is 5.03. The molecule has 0 amide bonds. The average molecular weight is 293 g/mol. The van der Waals surface area contributed by atoms with Crippen LogP contribution in [0.5, 0.6) is 0 Å². The van der Waals surface area contributed by atoms with Crippen LogP contribution in [0, 0.1) is 12.7 Å². The molecule has 0 saturated heterocycles. The van der Waals surface area contributed by atoms with Crippen molar-refractivity contribution in [3.05, 3.63) is 58.4 Å². The quantitative estimate of drug-likeness (QED) is 0.894. The third-order valence-electron chi connectivity index (χ3n) is 3.11. The molecule has 20 heavy (non-hydrogen) atoms. The zero-order chi connectivity index (χ0) is 14.7. The number of nitrogens with zero attached hydrogens (tertiary/aromatic N) is 1. The van der Waals surface area contributed by atoms with E-state index in [0.29, 0.717) is 11.6 Å². The van der Waals surface area contributed by atoms with E-state index in [1.807, 2.05) is 20.2 Å². The van der Waals surface area contributed by atoms with E-state index in [0.717, 1.165) is 16.9 Å². The summed E-state index contributed by atoms with van der Waals surface area (Å²) in [6.07, 6.45) is 0. The van der Waals surface area contributed by atoms with Gasteiger partial charge in [-0.1, -0.05) is 17.7 Å². The molecule has 0 aliphatic heterocycles. The largest absolute Gasteiger partial charge is 0.381 e. The summed E-state index contributed by atoms with van der Waals surface area (Å²) >= 11 is 5.84. The van der Waals surface area contributed by atoms with Crippen molar-refractivity contribution in [3.63, 3.8) is 0 Å². The molecule has 2 aromatic carbocycles. The van der Waals surface area contributed by atoms with E-state index in [1.54, 1.807) is 6.07 Å². The molecule has 0 bridgehead atoms. The SMILES string of the molecule is Cc1ccc(NCc2cc(F)cc(Cl)c2)cc1N(C)C. The standard InChI is InChI=1S/C16H18ClFN2/c1-11-4-5-15(9-16(11)20(2)3)19-10-12-6-13(17)8-14(18)7-12/h4-9,19H,10H2,1-3H3. The lowest BCUT2D eigenvalue weighted by Crippen LogP contribution is -2.11. The van der Waals surface area contributed by atoms with Gasteiger partial charge in [0, 0.05) is 37.0 Å². The maximum absolute atomic E-state index is 13.3. The van der Waals surface area contributed by atoms with Gasteiger partial charge in [-0.05, 0) is 48.4 Å². The highest BCUT2D eigenvalue weighted by molar-refractivity contribution is 6.30. The predicted octanol–water partition coefficient (Wildman–Crippen LogP) is 4.47. The van der Waals surface area contributed by atoms with Gasteiger partial charge in [0.15, 0.2) is 0 Å². The maximum Gasteiger partial charge on any atom is 0.125 e. The Morgan fingerprint density at radius 3 is 2.55 bits per heavy atom. The highest BCUT2D eigenvalue weighted by Crippen LogP contribution is 2.23. The molecule has 0 heterocycles. The van der Waals surface area contributed by atoms with Gasteiger partial charge in [0.2, 0.25) is 0 Å². The second kappa shape index (κ2) is 6.14. The number of rotatable bonds is 4. The fourth-order valence-corrected chi connectivity index (χ4v) is 2.36. The number of anilines is 2. The van der Waals surface area contributed by atoms with Gasteiger partial charge in [-0.2, -0.15) is 0 Å². The summed E-state index contributed by atoms with van der Waals surface area (Å²) in [5, 5.41) is 3.70. The first-order valence-corrected chi connectivity index (χ1v) is 6.80. The van der Waals surface area contributed by atoms with E-state index in [-0.39, 0.29) is 5.82 Å². The molecule has 0 saturated carbocycles. The molecule has 0 atom stereocenters. The molecule has 2 nitrogen and oxygen atoms in total. The molecule has 4 heteroatoms. The molecular formula is C16H18ClFN2. The normalized spacial score (nSPS) is 10.4. The smallest absolute Gasteiger partial charge is 0.125 e. The van der Waals surface area contributed by atoms with Gasteiger partial charge >= 0.3 is 0 Å². The number of nitrogens with one attached hydrogen (secondary N) is 1. The van der Waals surface area contributed by atoms with Crippen LogP contribution in [0.2, 0.25) is 5.02 Å². The van der Waals surface area contributed by atoms with Crippen molar-refractivity contribution in [2.24, 2.45) is 0 Å². The summed E-state index contributed by atoms with van der Waals surface area (Å²) in [6, 6.07) is 10.7. The molecular weight excluding hydrogens is 275 g/mol. The molecule has 0 aliphatic carbocycles. The summed E-state index contributed by atoms with van der Waals surface area (Å²) < 4.78 is 13.3. The molecule has 2 aromatic rings. The van der Waals surface area contributed by atoms with Gasteiger partial charge in [0.25, 0.3) is 0 Å². The predicted molar refractivity (Wildman–Crippen MR) is 84.2 cm³/mol. The molecule has 1 N–H and O–H groups in total. The van der Waals surface area contributed by atoms with Crippen LogP contribution in [0.15, 0.2) is 36.4 Å². The van der Waals surface area contributed by atoms with E-state index in [2.05, 4.69) is 29.3 Å². The van der Waals surface area contributed by atoms with Crippen molar-refractivity contribution in [2.45, 2.75) is 13.5 Å². The minimum absolute atomic E-state index is 0.313. The fourth-order valence-electron chi connectivity index (χ4n) is 2.12. The number of benzene rings is 2. The lowest BCUT2D eigenvalue weighted by Gasteiger charge is -2.17. The maximum atomic E-state index is 13.3. The Hall–Kier alpha value is -1.74. The van der Waals surface area contributed by atoms with Crippen LogP contribution in [-0.2, 0) is 6.54 Å². The third-order valence-corrected chi connectivity index (χ3v) is 3.33. The van der Waals surface area contributed by atoms with E-state index < -0.39 is 0 Å². The van der Waals surface area contributed by atoms with E-state index in [4.69, 9.17) is 11.6 Å². The minimum Gasteiger partial charge on any atom is -0.381 e. The third kappa shape index (κ3) is 3.64. The van der Waals surface area contributed by atoms with Crippen molar-refractivity contribution in [1.82, 2.24) is 0 Å². The van der Waals surface area contributed by atoms with Crippen LogP contribution in [0.3, 0.4) is 0 Å². The van der Waals surface area contributed by atoms with Gasteiger partial charge in [-0.3, -0.25) is 0 Å². The molecule has 0 unspecified atom stereocenters. The van der Waals surface area contributed by atoms with Crippen LogP contribution >= 0.6 is 11.6 Å². The minimum atomic E-state index is -0.313. The molecule has 2 rings (SSSR count). The van der Waals surface area contributed by atoms with Crippen molar-refractivity contribution < 1.29 is 4.39 Å². The van der Waals surface area contributed by atoms with Crippen LogP contribution in [-0.4, -0.2) is 14.1 Å². The van der Waals surface area contributed by atoms with Crippen LogP contribution < -0.4 is 10.2 Å². The van der Waals surface area contributed by atoms with Crippen molar-refractivity contribution in [1.29, 1.82) is 0 Å². The fraction of sp³-hybridized carbons (Fsp3) is 0.250. The summed E-state index contributed by atoms with van der Waals surface area (Å²) in [7, 11) is 4.02. The van der Waals surface area contributed by atoms with Crippen LogP contribution in [0.4, 0.5) is 15.8 Å². The van der Waals surface area contributed by atoms with E-state index >= 15 is 0 Å². The van der Waals surface area contributed by atoms with Crippen LogP contribution in [0.1, 0.15) is 11.1 Å². The number of hydrogen-bond acceptors (Lipinski definition) is 2. The summed E-state index contributed by atoms with van der Waals surface area (Å²) in [6.45, 7) is 2.61. The Balaban J connectivity index is 2.12. The Kier molecular flexibility index (Phi) is 4.50. The van der Waals surface area contributed by atoms with Crippen molar-refractivity contribution in [3.8, 4) is 0 Å². The first-order valence-electron chi connectivity index (χ1n) is 6.42. The number of aryl methyl sites for hydroxylation is 1. The number of halogens is 2. The Morgan fingerprint density at radius 1 is 1.15 bits per heavy atom. The van der Waals surface area contributed by atoms with Gasteiger partial charge in [0.1, 0.15) is 5.82 Å². The molecule has 0 radical (unpaired) electrons. The van der Waals surface area contributed by atoms with Gasteiger partial charge in [-0.15, -0.1) is 0 Å². The molecule has 0 fully saturated rings. The van der Waals surface area contributed by atoms with E-state index in [9.17, 15) is 4.39 Å².